The predicted molar refractivity (Wildman–Crippen MR) is 57.1 cm³/mol. The summed E-state index contributed by atoms with van der Waals surface area (Å²) in [6.45, 7) is 2.27. The number of anilines is 1. The Labute approximate surface area is 96.8 Å². The fourth-order valence-electron chi connectivity index (χ4n) is 1.24. The minimum Gasteiger partial charge on any atom is -0.494 e. The Balaban J connectivity index is 2.83. The highest BCUT2D eigenvalue weighted by molar-refractivity contribution is 5.96. The average Bonchev–Trinajstić information content (AvgIpc) is 2.27. The molecule has 0 saturated heterocycles. The van der Waals surface area contributed by atoms with Gasteiger partial charge in [0.2, 0.25) is 0 Å². The molecule has 0 saturated carbocycles. The van der Waals surface area contributed by atoms with Crippen LogP contribution in [0.25, 0.3) is 0 Å². The Bertz CT molecular complexity index is 387. The van der Waals surface area contributed by atoms with E-state index >= 15 is 0 Å². The van der Waals surface area contributed by atoms with Gasteiger partial charge in [-0.25, -0.2) is 0 Å². The molecule has 1 rings (SSSR count). The van der Waals surface area contributed by atoms with E-state index in [4.69, 9.17) is 4.74 Å². The molecular weight excluding hydrogens is 235 g/mol. The predicted octanol–water partition coefficient (Wildman–Crippen LogP) is 2.61. The first-order valence-electron chi connectivity index (χ1n) is 4.94. The zero-order chi connectivity index (χ0) is 13.1. The van der Waals surface area contributed by atoms with Crippen LogP contribution in [-0.4, -0.2) is 25.7 Å². The number of carbonyl (C=O) groups excluding carboxylic acids is 1. The van der Waals surface area contributed by atoms with E-state index in [0.717, 1.165) is 7.05 Å². The number of hydrogen-bond acceptors (Lipinski definition) is 2. The zero-order valence-corrected chi connectivity index (χ0v) is 9.41. The Morgan fingerprint density at radius 1 is 1.29 bits per heavy atom. The third-order valence-corrected chi connectivity index (χ3v) is 2.08. The maximum Gasteiger partial charge on any atom is 0.471 e. The summed E-state index contributed by atoms with van der Waals surface area (Å²) < 4.78 is 41.7. The van der Waals surface area contributed by atoms with Crippen molar-refractivity contribution in [1.29, 1.82) is 0 Å². The normalized spacial score (nSPS) is 11.1. The second-order valence-corrected chi connectivity index (χ2v) is 3.29. The van der Waals surface area contributed by atoms with Crippen molar-refractivity contribution in [2.75, 3.05) is 18.6 Å². The smallest absolute Gasteiger partial charge is 0.471 e. The minimum atomic E-state index is -4.87. The Hall–Kier alpha value is -1.72. The number of hydrogen-bond donors (Lipinski definition) is 0. The van der Waals surface area contributed by atoms with E-state index in [2.05, 4.69) is 0 Å². The molecule has 0 unspecified atom stereocenters. The van der Waals surface area contributed by atoms with Crippen molar-refractivity contribution in [2.45, 2.75) is 13.1 Å². The van der Waals surface area contributed by atoms with Gasteiger partial charge in [-0.05, 0) is 31.2 Å². The topological polar surface area (TPSA) is 29.5 Å². The van der Waals surface area contributed by atoms with Crippen LogP contribution in [0, 0.1) is 0 Å². The van der Waals surface area contributed by atoms with Crippen molar-refractivity contribution in [3.05, 3.63) is 24.3 Å². The molecule has 6 heteroatoms. The van der Waals surface area contributed by atoms with Crippen molar-refractivity contribution in [1.82, 2.24) is 0 Å². The van der Waals surface area contributed by atoms with Gasteiger partial charge < -0.3 is 9.64 Å². The summed E-state index contributed by atoms with van der Waals surface area (Å²) in [5, 5.41) is 0. The Morgan fingerprint density at radius 3 is 2.24 bits per heavy atom. The van der Waals surface area contributed by atoms with Gasteiger partial charge in [-0.3, -0.25) is 4.79 Å². The molecule has 0 aliphatic heterocycles. The van der Waals surface area contributed by atoms with E-state index < -0.39 is 12.1 Å². The molecule has 0 bridgehead atoms. The maximum absolute atomic E-state index is 12.2. The summed E-state index contributed by atoms with van der Waals surface area (Å²) in [7, 11) is 1.07. The number of ether oxygens (including phenoxy) is 1. The van der Waals surface area contributed by atoms with Crippen molar-refractivity contribution in [3.8, 4) is 5.75 Å². The summed E-state index contributed by atoms with van der Waals surface area (Å²) in [6, 6.07) is 5.82. The lowest BCUT2D eigenvalue weighted by Gasteiger charge is -2.18. The van der Waals surface area contributed by atoms with E-state index in [9.17, 15) is 18.0 Å². The SMILES string of the molecule is CCOc1ccc(N(C)C(=O)C(F)(F)F)cc1. The van der Waals surface area contributed by atoms with Gasteiger partial charge in [0.1, 0.15) is 5.75 Å². The summed E-state index contributed by atoms with van der Waals surface area (Å²) in [6.07, 6.45) is -4.87. The molecule has 0 heterocycles. The molecule has 0 aromatic heterocycles. The van der Waals surface area contributed by atoms with Crippen LogP contribution in [0.4, 0.5) is 18.9 Å². The van der Waals surface area contributed by atoms with E-state index in [-0.39, 0.29) is 5.69 Å². The molecule has 0 aliphatic carbocycles. The van der Waals surface area contributed by atoms with Crippen LogP contribution in [0.5, 0.6) is 5.75 Å². The van der Waals surface area contributed by atoms with Gasteiger partial charge in [0, 0.05) is 12.7 Å². The number of halogens is 3. The largest absolute Gasteiger partial charge is 0.494 e. The van der Waals surface area contributed by atoms with Crippen molar-refractivity contribution < 1.29 is 22.7 Å². The van der Waals surface area contributed by atoms with Crippen LogP contribution >= 0.6 is 0 Å². The van der Waals surface area contributed by atoms with Gasteiger partial charge in [0.05, 0.1) is 6.61 Å². The molecule has 1 amide bonds. The molecule has 17 heavy (non-hydrogen) atoms. The maximum atomic E-state index is 12.2. The molecule has 94 valence electrons. The Kier molecular flexibility index (Phi) is 3.98. The summed E-state index contributed by atoms with van der Waals surface area (Å²) in [5.74, 6) is -1.36. The second-order valence-electron chi connectivity index (χ2n) is 3.29. The molecule has 0 fully saturated rings. The highest BCUT2D eigenvalue weighted by Crippen LogP contribution is 2.24. The zero-order valence-electron chi connectivity index (χ0n) is 9.41. The van der Waals surface area contributed by atoms with Gasteiger partial charge in [0.15, 0.2) is 0 Å². The van der Waals surface area contributed by atoms with Gasteiger partial charge >= 0.3 is 12.1 Å². The molecule has 0 atom stereocenters. The highest BCUT2D eigenvalue weighted by atomic mass is 19.4. The fraction of sp³-hybridized carbons (Fsp3) is 0.364. The van der Waals surface area contributed by atoms with Gasteiger partial charge in [-0.15, -0.1) is 0 Å². The molecule has 0 aliphatic rings. The molecule has 1 aromatic rings. The second kappa shape index (κ2) is 5.07. The Morgan fingerprint density at radius 2 is 1.82 bits per heavy atom. The molecule has 3 nitrogen and oxygen atoms in total. The molecule has 0 spiro atoms. The average molecular weight is 247 g/mol. The first-order chi connectivity index (χ1) is 7.86. The van der Waals surface area contributed by atoms with Gasteiger partial charge in [-0.2, -0.15) is 13.2 Å². The van der Waals surface area contributed by atoms with Crippen molar-refractivity contribution in [3.63, 3.8) is 0 Å². The third kappa shape index (κ3) is 3.37. The van der Waals surface area contributed by atoms with Crippen molar-refractivity contribution >= 4 is 11.6 Å². The van der Waals surface area contributed by atoms with Crippen LogP contribution in [0.15, 0.2) is 24.3 Å². The highest BCUT2D eigenvalue weighted by Gasteiger charge is 2.41. The van der Waals surface area contributed by atoms with Crippen LogP contribution in [0.2, 0.25) is 0 Å². The van der Waals surface area contributed by atoms with Crippen LogP contribution in [0.1, 0.15) is 6.92 Å². The van der Waals surface area contributed by atoms with E-state index in [0.29, 0.717) is 17.3 Å². The summed E-state index contributed by atoms with van der Waals surface area (Å²) >= 11 is 0. The number of nitrogens with zero attached hydrogens (tertiary/aromatic N) is 1. The molecule has 1 aromatic carbocycles. The number of amides is 1. The fourth-order valence-corrected chi connectivity index (χ4v) is 1.24. The van der Waals surface area contributed by atoms with Crippen molar-refractivity contribution in [2.24, 2.45) is 0 Å². The van der Waals surface area contributed by atoms with Crippen LogP contribution in [0.3, 0.4) is 0 Å². The third-order valence-electron chi connectivity index (χ3n) is 2.08. The number of rotatable bonds is 3. The quantitative estimate of drug-likeness (QED) is 0.821. The lowest BCUT2D eigenvalue weighted by Crippen LogP contribution is -2.38. The standard InChI is InChI=1S/C11H12F3NO2/c1-3-17-9-6-4-8(5-7-9)15(2)10(16)11(12,13)14/h4-7H,3H2,1-2H3. The monoisotopic (exact) mass is 247 g/mol. The lowest BCUT2D eigenvalue weighted by atomic mass is 10.3. The summed E-state index contributed by atoms with van der Waals surface area (Å²) in [4.78, 5) is 11.5. The van der Waals surface area contributed by atoms with Crippen LogP contribution < -0.4 is 9.64 Å². The molecule has 0 radical (unpaired) electrons. The lowest BCUT2D eigenvalue weighted by molar-refractivity contribution is -0.170. The number of alkyl halides is 3. The summed E-state index contributed by atoms with van der Waals surface area (Å²) in [5.41, 5.74) is 0.163. The molecule has 0 N–H and O–H groups in total. The molecular formula is C11H12F3NO2. The number of benzene rings is 1. The first-order valence-corrected chi connectivity index (χ1v) is 4.94. The van der Waals surface area contributed by atoms with E-state index in [1.54, 1.807) is 6.92 Å². The van der Waals surface area contributed by atoms with Crippen LogP contribution in [-0.2, 0) is 4.79 Å². The van der Waals surface area contributed by atoms with Gasteiger partial charge in [-0.1, -0.05) is 0 Å². The number of carbonyl (C=O) groups is 1. The first kappa shape index (κ1) is 13.3. The van der Waals surface area contributed by atoms with E-state index in [1.807, 2.05) is 0 Å². The minimum absolute atomic E-state index is 0.163. The van der Waals surface area contributed by atoms with E-state index in [1.165, 1.54) is 24.3 Å². The van der Waals surface area contributed by atoms with Gasteiger partial charge in [0.25, 0.3) is 0 Å².